The highest BCUT2D eigenvalue weighted by Gasteiger charge is 2.20. The first-order valence-corrected chi connectivity index (χ1v) is 5.68. The summed E-state index contributed by atoms with van der Waals surface area (Å²) >= 11 is 0. The number of H-pyrrole nitrogens is 1. The summed E-state index contributed by atoms with van der Waals surface area (Å²) in [5, 5.41) is 9.43. The Kier molecular flexibility index (Phi) is 4.49. The van der Waals surface area contributed by atoms with Gasteiger partial charge >= 0.3 is 0 Å². The van der Waals surface area contributed by atoms with Gasteiger partial charge in [0.25, 0.3) is 0 Å². The van der Waals surface area contributed by atoms with Crippen LogP contribution in [0, 0.1) is 5.92 Å². The van der Waals surface area contributed by atoms with Gasteiger partial charge in [0.05, 0.1) is 12.2 Å². The zero-order valence-corrected chi connectivity index (χ0v) is 10.1. The second-order valence-electron chi connectivity index (χ2n) is 4.02. The zero-order valence-electron chi connectivity index (χ0n) is 10.1. The van der Waals surface area contributed by atoms with Gasteiger partial charge in [-0.05, 0) is 12.3 Å². The molecule has 1 rings (SSSR count). The number of aromatic amines is 1. The molecule has 0 radical (unpaired) electrons. The lowest BCUT2D eigenvalue weighted by Crippen LogP contribution is -2.40. The van der Waals surface area contributed by atoms with E-state index in [1.807, 2.05) is 20.8 Å². The molecule has 5 heteroatoms. The number of anilines is 1. The average molecular weight is 224 g/mol. The van der Waals surface area contributed by atoms with Crippen molar-refractivity contribution in [1.29, 1.82) is 0 Å². The van der Waals surface area contributed by atoms with E-state index in [1.54, 1.807) is 6.20 Å². The fraction of sp³-hybridized carbons (Fsp3) is 0.636. The van der Waals surface area contributed by atoms with Gasteiger partial charge in [0, 0.05) is 5.56 Å². The van der Waals surface area contributed by atoms with Crippen LogP contribution < -0.4 is 11.1 Å². The molecule has 16 heavy (non-hydrogen) atoms. The summed E-state index contributed by atoms with van der Waals surface area (Å²) in [5.74, 6) is 0.674. The van der Waals surface area contributed by atoms with Crippen LogP contribution in [0.1, 0.15) is 32.8 Å². The first kappa shape index (κ1) is 12.7. The minimum atomic E-state index is -0.474. The molecule has 0 spiro atoms. The van der Waals surface area contributed by atoms with Gasteiger partial charge in [0.15, 0.2) is 0 Å². The Morgan fingerprint density at radius 1 is 1.62 bits per heavy atom. The predicted octanol–water partition coefficient (Wildman–Crippen LogP) is 1.28. The third kappa shape index (κ3) is 2.82. The van der Waals surface area contributed by atoms with Crippen molar-refractivity contribution in [2.75, 3.05) is 5.32 Å². The van der Waals surface area contributed by atoms with Crippen molar-refractivity contribution in [3.05, 3.63) is 11.8 Å². The van der Waals surface area contributed by atoms with E-state index < -0.39 is 6.04 Å². The maximum Gasteiger partial charge on any atom is 0.242 e. The van der Waals surface area contributed by atoms with Gasteiger partial charge in [-0.3, -0.25) is 9.89 Å². The standard InChI is InChI=1S/C11H20N4O/c1-4-7(3)9(12)11(16)14-10-8(5-2)6-13-15-10/h6-7,9H,4-5,12H2,1-3H3,(H2,13,14,15,16)/t7?,9-/m0/s1. The van der Waals surface area contributed by atoms with Gasteiger partial charge in [-0.2, -0.15) is 5.10 Å². The smallest absolute Gasteiger partial charge is 0.242 e. The van der Waals surface area contributed by atoms with E-state index in [0.29, 0.717) is 5.82 Å². The molecule has 1 unspecified atom stereocenters. The van der Waals surface area contributed by atoms with Gasteiger partial charge in [-0.15, -0.1) is 0 Å². The number of aromatic nitrogens is 2. The van der Waals surface area contributed by atoms with Gasteiger partial charge < -0.3 is 11.1 Å². The maximum atomic E-state index is 11.8. The molecule has 0 aliphatic heterocycles. The SMILES string of the molecule is CCc1cn[nH]c1NC(=O)[C@@H](N)C(C)CC. The van der Waals surface area contributed by atoms with Crippen molar-refractivity contribution in [1.82, 2.24) is 10.2 Å². The lowest BCUT2D eigenvalue weighted by molar-refractivity contribution is -0.118. The van der Waals surface area contributed by atoms with Crippen LogP contribution in [0.15, 0.2) is 6.20 Å². The van der Waals surface area contributed by atoms with Gasteiger partial charge in [0.1, 0.15) is 5.82 Å². The van der Waals surface area contributed by atoms with Crippen molar-refractivity contribution < 1.29 is 4.79 Å². The van der Waals surface area contributed by atoms with Gasteiger partial charge in [0.2, 0.25) is 5.91 Å². The summed E-state index contributed by atoms with van der Waals surface area (Å²) in [4.78, 5) is 11.8. The number of amides is 1. The second kappa shape index (κ2) is 5.65. The zero-order chi connectivity index (χ0) is 12.1. The molecule has 0 aromatic carbocycles. The van der Waals surface area contributed by atoms with E-state index in [9.17, 15) is 4.79 Å². The van der Waals surface area contributed by atoms with E-state index in [1.165, 1.54) is 0 Å². The highest BCUT2D eigenvalue weighted by Crippen LogP contribution is 2.13. The number of rotatable bonds is 5. The molecule has 0 saturated carbocycles. The number of nitrogens with two attached hydrogens (primary N) is 1. The molecule has 4 N–H and O–H groups in total. The third-order valence-electron chi connectivity index (χ3n) is 2.91. The van der Waals surface area contributed by atoms with E-state index in [2.05, 4.69) is 15.5 Å². The second-order valence-corrected chi connectivity index (χ2v) is 4.02. The Hall–Kier alpha value is -1.36. The highest BCUT2D eigenvalue weighted by molar-refractivity contribution is 5.94. The van der Waals surface area contributed by atoms with Crippen LogP contribution in [-0.2, 0) is 11.2 Å². The number of nitrogens with one attached hydrogen (secondary N) is 2. The largest absolute Gasteiger partial charge is 0.320 e. The van der Waals surface area contributed by atoms with Crippen LogP contribution in [0.4, 0.5) is 5.82 Å². The fourth-order valence-electron chi connectivity index (χ4n) is 1.41. The van der Waals surface area contributed by atoms with Crippen molar-refractivity contribution in [2.45, 2.75) is 39.7 Å². The molecule has 0 bridgehead atoms. The minimum Gasteiger partial charge on any atom is -0.320 e. The molecule has 5 nitrogen and oxygen atoms in total. The Morgan fingerprint density at radius 2 is 2.31 bits per heavy atom. The van der Waals surface area contributed by atoms with Crippen molar-refractivity contribution in [3.8, 4) is 0 Å². The normalized spacial score (nSPS) is 14.5. The molecule has 0 fully saturated rings. The Morgan fingerprint density at radius 3 is 2.88 bits per heavy atom. The summed E-state index contributed by atoms with van der Waals surface area (Å²) in [6, 6.07) is -0.474. The molecule has 2 atom stereocenters. The van der Waals surface area contributed by atoms with E-state index in [0.717, 1.165) is 18.4 Å². The summed E-state index contributed by atoms with van der Waals surface area (Å²) < 4.78 is 0. The first-order chi connectivity index (χ1) is 7.60. The molecule has 1 aromatic rings. The van der Waals surface area contributed by atoms with Crippen molar-refractivity contribution in [2.24, 2.45) is 11.7 Å². The quantitative estimate of drug-likeness (QED) is 0.704. The van der Waals surface area contributed by atoms with Gasteiger partial charge in [-0.25, -0.2) is 0 Å². The monoisotopic (exact) mass is 224 g/mol. The number of nitrogens with zero attached hydrogens (tertiary/aromatic N) is 1. The van der Waals surface area contributed by atoms with Crippen LogP contribution in [0.5, 0.6) is 0 Å². The maximum absolute atomic E-state index is 11.8. The van der Waals surface area contributed by atoms with E-state index >= 15 is 0 Å². The van der Waals surface area contributed by atoms with Crippen LogP contribution in [-0.4, -0.2) is 22.1 Å². The lowest BCUT2D eigenvalue weighted by Gasteiger charge is -2.17. The van der Waals surface area contributed by atoms with Crippen LogP contribution >= 0.6 is 0 Å². The molecule has 1 aromatic heterocycles. The molecule has 1 heterocycles. The van der Waals surface area contributed by atoms with Crippen LogP contribution in [0.2, 0.25) is 0 Å². The Balaban J connectivity index is 2.64. The molecule has 0 aliphatic rings. The Bertz CT molecular complexity index is 348. The lowest BCUT2D eigenvalue weighted by atomic mass is 9.99. The van der Waals surface area contributed by atoms with E-state index in [-0.39, 0.29) is 11.8 Å². The van der Waals surface area contributed by atoms with E-state index in [4.69, 9.17) is 5.73 Å². The number of hydrogen-bond donors (Lipinski definition) is 3. The highest BCUT2D eigenvalue weighted by atomic mass is 16.2. The topological polar surface area (TPSA) is 83.8 Å². The summed E-state index contributed by atoms with van der Waals surface area (Å²) in [5.41, 5.74) is 6.82. The van der Waals surface area contributed by atoms with Crippen LogP contribution in [0.25, 0.3) is 0 Å². The Labute approximate surface area is 95.8 Å². The molecular formula is C11H20N4O. The predicted molar refractivity (Wildman–Crippen MR) is 64.0 cm³/mol. The summed E-state index contributed by atoms with van der Waals surface area (Å²) in [7, 11) is 0. The molecule has 1 amide bonds. The molecule has 0 aliphatic carbocycles. The van der Waals surface area contributed by atoms with Crippen molar-refractivity contribution in [3.63, 3.8) is 0 Å². The molecule has 90 valence electrons. The molecular weight excluding hydrogens is 204 g/mol. The minimum absolute atomic E-state index is 0.159. The first-order valence-electron chi connectivity index (χ1n) is 5.68. The third-order valence-corrected chi connectivity index (χ3v) is 2.91. The molecule has 0 saturated heterocycles. The number of hydrogen-bond acceptors (Lipinski definition) is 3. The number of carbonyl (C=O) groups excluding carboxylic acids is 1. The summed E-state index contributed by atoms with van der Waals surface area (Å²) in [6.45, 7) is 6.00. The van der Waals surface area contributed by atoms with Gasteiger partial charge in [-0.1, -0.05) is 27.2 Å². The summed E-state index contributed by atoms with van der Waals surface area (Å²) in [6.07, 6.45) is 3.42. The number of aryl methyl sites for hydroxylation is 1. The van der Waals surface area contributed by atoms with Crippen LogP contribution in [0.3, 0.4) is 0 Å². The van der Waals surface area contributed by atoms with Crippen molar-refractivity contribution >= 4 is 11.7 Å². The number of carbonyl (C=O) groups is 1. The fourth-order valence-corrected chi connectivity index (χ4v) is 1.41. The average Bonchev–Trinajstić information content (AvgIpc) is 2.74.